The van der Waals surface area contributed by atoms with Crippen molar-refractivity contribution in [3.8, 4) is 33.4 Å². The average Bonchev–Trinajstić information content (AvgIpc) is 3.10. The van der Waals surface area contributed by atoms with E-state index in [-0.39, 0.29) is 17.4 Å². The molecule has 0 radical (unpaired) electrons. The first-order valence-corrected chi connectivity index (χ1v) is 9.94. The second-order valence-corrected chi connectivity index (χ2v) is 7.51. The summed E-state index contributed by atoms with van der Waals surface area (Å²) in [6, 6.07) is 15.5. The number of benzene rings is 2. The summed E-state index contributed by atoms with van der Waals surface area (Å²) >= 11 is 1.49. The zero-order valence-electron chi connectivity index (χ0n) is 16.0. The minimum atomic E-state index is -0.205. The molecule has 0 bridgehead atoms. The average molecular weight is 418 g/mol. The van der Waals surface area contributed by atoms with Crippen LogP contribution < -0.4 is 10.1 Å². The van der Waals surface area contributed by atoms with Crippen LogP contribution in [-0.4, -0.2) is 28.2 Å². The van der Waals surface area contributed by atoms with Gasteiger partial charge >= 0.3 is 0 Å². The Morgan fingerprint density at radius 1 is 1.07 bits per heavy atom. The third-order valence-electron chi connectivity index (χ3n) is 4.39. The Hall–Kier alpha value is -3.84. The van der Waals surface area contributed by atoms with Gasteiger partial charge in [0.15, 0.2) is 5.75 Å². The normalized spacial score (nSPS) is 11.1. The Balaban J connectivity index is 1.71. The molecule has 0 aliphatic heterocycles. The molecule has 0 unspecified atom stereocenters. The van der Waals surface area contributed by atoms with Gasteiger partial charge in [-0.2, -0.15) is 0 Å². The topological polar surface area (TPSA) is 91.7 Å². The first-order chi connectivity index (χ1) is 14.5. The molecule has 0 saturated carbocycles. The number of nitrogens with one attached hydrogen (secondary N) is 1. The van der Waals surface area contributed by atoms with Gasteiger partial charge in [-0.3, -0.25) is 9.78 Å². The van der Waals surface area contributed by atoms with E-state index in [4.69, 9.17) is 4.74 Å². The molecule has 150 valence electrons. The summed E-state index contributed by atoms with van der Waals surface area (Å²) < 4.78 is 7.07. The highest BCUT2D eigenvalue weighted by atomic mass is 32.1. The van der Waals surface area contributed by atoms with E-state index in [0.717, 1.165) is 20.5 Å². The Morgan fingerprint density at radius 3 is 2.53 bits per heavy atom. The number of thiophene rings is 1. The number of phenols is 2. The number of carbonyl (C=O) groups excluding carboxylic acids is 1. The van der Waals surface area contributed by atoms with Crippen molar-refractivity contribution in [2.75, 3.05) is 7.05 Å². The lowest BCUT2D eigenvalue weighted by Gasteiger charge is -2.08. The van der Waals surface area contributed by atoms with E-state index in [9.17, 15) is 15.0 Å². The lowest BCUT2D eigenvalue weighted by atomic mass is 10.1. The number of fused-ring (bicyclic) bond motifs is 1. The van der Waals surface area contributed by atoms with Gasteiger partial charge in [0.25, 0.3) is 0 Å². The zero-order chi connectivity index (χ0) is 21.1. The number of hydrogen-bond acceptors (Lipinski definition) is 6. The van der Waals surface area contributed by atoms with Gasteiger partial charge < -0.3 is 20.3 Å². The number of aromatic hydroxyl groups is 2. The molecule has 0 aliphatic rings. The quantitative estimate of drug-likeness (QED) is 0.400. The van der Waals surface area contributed by atoms with Crippen molar-refractivity contribution < 1.29 is 19.7 Å². The lowest BCUT2D eigenvalue weighted by Crippen LogP contribution is -2.13. The summed E-state index contributed by atoms with van der Waals surface area (Å²) in [5.74, 6) is 1.35. The lowest BCUT2D eigenvalue weighted by molar-refractivity contribution is -0.115. The van der Waals surface area contributed by atoms with E-state index in [2.05, 4.69) is 10.3 Å². The van der Waals surface area contributed by atoms with E-state index < -0.39 is 0 Å². The van der Waals surface area contributed by atoms with Crippen LogP contribution in [0.4, 0.5) is 0 Å². The maximum Gasteiger partial charge on any atom is 0.243 e. The largest absolute Gasteiger partial charge is 0.508 e. The fourth-order valence-corrected chi connectivity index (χ4v) is 4.05. The molecule has 1 amide bonds. The molecule has 6 nitrogen and oxygen atoms in total. The van der Waals surface area contributed by atoms with Crippen LogP contribution in [0.2, 0.25) is 0 Å². The van der Waals surface area contributed by atoms with Crippen LogP contribution in [0.5, 0.6) is 23.0 Å². The smallest absolute Gasteiger partial charge is 0.243 e. The van der Waals surface area contributed by atoms with Gasteiger partial charge in [0.1, 0.15) is 17.2 Å². The molecular weight excluding hydrogens is 400 g/mol. The highest BCUT2D eigenvalue weighted by molar-refractivity contribution is 7.22. The van der Waals surface area contributed by atoms with Gasteiger partial charge in [-0.05, 0) is 66.2 Å². The molecule has 4 rings (SSSR count). The van der Waals surface area contributed by atoms with Crippen LogP contribution in [0.1, 0.15) is 5.69 Å². The standard InChI is InChI=1S/C23H18N2O4S/c1-24-21(28)11-5-15-4-9-18(13-25-15)29-22-19-10-8-17(27)12-20(19)30-23(22)14-2-6-16(26)7-3-14/h2-13,26-27H,1H3,(H,24,28). The molecule has 2 heterocycles. The van der Waals surface area contributed by atoms with E-state index in [1.165, 1.54) is 17.4 Å². The fraction of sp³-hybridized carbons (Fsp3) is 0.0435. The summed E-state index contributed by atoms with van der Waals surface area (Å²) in [5, 5.41) is 22.8. The molecule has 30 heavy (non-hydrogen) atoms. The monoisotopic (exact) mass is 418 g/mol. The Labute approximate surface area is 176 Å². The van der Waals surface area contributed by atoms with Crippen LogP contribution in [0, 0.1) is 0 Å². The maximum atomic E-state index is 11.3. The molecule has 0 atom stereocenters. The molecule has 2 aromatic carbocycles. The van der Waals surface area contributed by atoms with Crippen LogP contribution in [0.3, 0.4) is 0 Å². The van der Waals surface area contributed by atoms with Crippen molar-refractivity contribution in [1.29, 1.82) is 0 Å². The maximum absolute atomic E-state index is 11.3. The van der Waals surface area contributed by atoms with Gasteiger partial charge in [0.2, 0.25) is 5.91 Å². The summed E-state index contributed by atoms with van der Waals surface area (Å²) in [4.78, 5) is 16.5. The Morgan fingerprint density at radius 2 is 1.83 bits per heavy atom. The molecule has 0 fully saturated rings. The van der Waals surface area contributed by atoms with Gasteiger partial charge in [-0.25, -0.2) is 0 Å². The Bertz CT molecular complexity index is 1230. The van der Waals surface area contributed by atoms with Gasteiger partial charge in [-0.1, -0.05) is 0 Å². The first-order valence-electron chi connectivity index (χ1n) is 9.12. The number of aromatic nitrogens is 1. The van der Waals surface area contributed by atoms with Crippen LogP contribution in [-0.2, 0) is 4.79 Å². The second-order valence-electron chi connectivity index (χ2n) is 6.46. The van der Waals surface area contributed by atoms with Gasteiger partial charge in [-0.15, -0.1) is 11.3 Å². The number of phenolic OH excluding ortho intramolecular Hbond substituents is 2. The Kier molecular flexibility index (Phi) is 5.36. The van der Waals surface area contributed by atoms with Crippen molar-refractivity contribution in [3.05, 3.63) is 72.6 Å². The van der Waals surface area contributed by atoms with E-state index in [1.807, 2.05) is 18.2 Å². The summed E-state index contributed by atoms with van der Waals surface area (Å²) in [5.41, 5.74) is 1.52. The number of hydrogen-bond donors (Lipinski definition) is 3. The molecule has 0 saturated heterocycles. The fourth-order valence-electron chi connectivity index (χ4n) is 2.88. The summed E-state index contributed by atoms with van der Waals surface area (Å²) in [6.45, 7) is 0. The molecule has 0 aliphatic carbocycles. The number of amides is 1. The molecule has 0 spiro atoms. The zero-order valence-corrected chi connectivity index (χ0v) is 16.8. The van der Waals surface area contributed by atoms with E-state index >= 15 is 0 Å². The van der Waals surface area contributed by atoms with Crippen LogP contribution in [0.25, 0.3) is 26.6 Å². The number of carbonyl (C=O) groups is 1. The highest BCUT2D eigenvalue weighted by Crippen LogP contribution is 2.47. The predicted octanol–water partition coefficient (Wildman–Crippen LogP) is 4.93. The number of nitrogens with zero attached hydrogens (tertiary/aromatic N) is 1. The molecule has 4 aromatic rings. The summed E-state index contributed by atoms with van der Waals surface area (Å²) in [6.07, 6.45) is 4.62. The highest BCUT2D eigenvalue weighted by Gasteiger charge is 2.17. The number of likely N-dealkylation sites (N-methyl/N-ethyl adjacent to an activating group) is 1. The van der Waals surface area contributed by atoms with Gasteiger partial charge in [0.05, 0.1) is 16.8 Å². The molecule has 2 aromatic heterocycles. The minimum Gasteiger partial charge on any atom is -0.508 e. The van der Waals surface area contributed by atoms with Crippen molar-refractivity contribution in [3.63, 3.8) is 0 Å². The van der Waals surface area contributed by atoms with Crippen molar-refractivity contribution in [2.45, 2.75) is 0 Å². The number of ether oxygens (including phenoxy) is 1. The second kappa shape index (κ2) is 8.26. The minimum absolute atomic E-state index is 0.182. The third-order valence-corrected chi connectivity index (χ3v) is 5.57. The molecular formula is C23H18N2O4S. The van der Waals surface area contributed by atoms with Crippen molar-refractivity contribution >= 4 is 33.4 Å². The third kappa shape index (κ3) is 4.11. The number of rotatable bonds is 5. The van der Waals surface area contributed by atoms with Crippen molar-refractivity contribution in [1.82, 2.24) is 10.3 Å². The van der Waals surface area contributed by atoms with Crippen LogP contribution in [0.15, 0.2) is 66.9 Å². The first kappa shape index (κ1) is 19.5. The number of pyridine rings is 1. The van der Waals surface area contributed by atoms with Crippen LogP contribution >= 0.6 is 11.3 Å². The van der Waals surface area contributed by atoms with E-state index in [0.29, 0.717) is 17.2 Å². The van der Waals surface area contributed by atoms with Crippen molar-refractivity contribution in [2.24, 2.45) is 0 Å². The van der Waals surface area contributed by atoms with E-state index in [1.54, 1.807) is 55.7 Å². The predicted molar refractivity (Wildman–Crippen MR) is 118 cm³/mol. The van der Waals surface area contributed by atoms with Gasteiger partial charge in [0, 0.05) is 23.2 Å². The molecule has 7 heteroatoms. The molecule has 3 N–H and O–H groups in total. The summed E-state index contributed by atoms with van der Waals surface area (Å²) in [7, 11) is 1.56. The SMILES string of the molecule is CNC(=O)C=Cc1ccc(Oc2c(-c3ccc(O)cc3)sc3cc(O)ccc23)cn1.